The summed E-state index contributed by atoms with van der Waals surface area (Å²) in [5.41, 5.74) is 1.45. The highest BCUT2D eigenvalue weighted by molar-refractivity contribution is 5.20. The molecule has 2 N–H and O–H groups in total. The standard InChI is InChI=1S/C16H28N2/c1-5-13(2)16(12-18-14(3)11-17-4)15-9-7-6-8-10-15/h6-10,13-14,16-18H,5,11-12H2,1-4H3. The molecule has 18 heavy (non-hydrogen) atoms. The molecule has 102 valence electrons. The molecule has 0 aliphatic rings. The second kappa shape index (κ2) is 8.28. The first-order chi connectivity index (χ1) is 8.69. The molecule has 2 nitrogen and oxygen atoms in total. The van der Waals surface area contributed by atoms with Crippen LogP contribution in [0.25, 0.3) is 0 Å². The van der Waals surface area contributed by atoms with Crippen molar-refractivity contribution in [1.29, 1.82) is 0 Å². The van der Waals surface area contributed by atoms with Crippen LogP contribution in [0.15, 0.2) is 30.3 Å². The van der Waals surface area contributed by atoms with Crippen molar-refractivity contribution in [2.45, 2.75) is 39.2 Å². The van der Waals surface area contributed by atoms with Gasteiger partial charge >= 0.3 is 0 Å². The molecule has 0 aliphatic carbocycles. The lowest BCUT2D eigenvalue weighted by Gasteiger charge is -2.26. The lowest BCUT2D eigenvalue weighted by Crippen LogP contribution is -2.38. The van der Waals surface area contributed by atoms with Crippen LogP contribution in [0, 0.1) is 5.92 Å². The molecule has 1 rings (SSSR count). The fourth-order valence-corrected chi connectivity index (χ4v) is 2.34. The number of rotatable bonds is 8. The number of hydrogen-bond donors (Lipinski definition) is 2. The zero-order valence-corrected chi connectivity index (χ0v) is 12.2. The van der Waals surface area contributed by atoms with E-state index in [9.17, 15) is 0 Å². The second-order valence-corrected chi connectivity index (χ2v) is 5.27. The number of hydrogen-bond acceptors (Lipinski definition) is 2. The van der Waals surface area contributed by atoms with Crippen molar-refractivity contribution in [3.8, 4) is 0 Å². The Morgan fingerprint density at radius 1 is 1.06 bits per heavy atom. The van der Waals surface area contributed by atoms with Crippen LogP contribution in [0.1, 0.15) is 38.7 Å². The third-order valence-electron chi connectivity index (χ3n) is 3.76. The van der Waals surface area contributed by atoms with Crippen molar-refractivity contribution in [1.82, 2.24) is 10.6 Å². The third kappa shape index (κ3) is 4.79. The van der Waals surface area contributed by atoms with Gasteiger partial charge in [0.1, 0.15) is 0 Å². The van der Waals surface area contributed by atoms with E-state index in [1.54, 1.807) is 0 Å². The summed E-state index contributed by atoms with van der Waals surface area (Å²) in [6.07, 6.45) is 1.22. The monoisotopic (exact) mass is 248 g/mol. The van der Waals surface area contributed by atoms with Crippen LogP contribution >= 0.6 is 0 Å². The first-order valence-corrected chi connectivity index (χ1v) is 7.12. The highest BCUT2D eigenvalue weighted by Gasteiger charge is 2.18. The van der Waals surface area contributed by atoms with Gasteiger partial charge in [-0.2, -0.15) is 0 Å². The van der Waals surface area contributed by atoms with E-state index in [0.29, 0.717) is 17.9 Å². The maximum Gasteiger partial charge on any atom is 0.0164 e. The predicted molar refractivity (Wildman–Crippen MR) is 80.0 cm³/mol. The first kappa shape index (κ1) is 15.2. The van der Waals surface area contributed by atoms with Crippen LogP contribution in [-0.2, 0) is 0 Å². The number of nitrogens with one attached hydrogen (secondary N) is 2. The largest absolute Gasteiger partial charge is 0.318 e. The molecule has 0 fully saturated rings. The molecule has 0 spiro atoms. The van der Waals surface area contributed by atoms with Gasteiger partial charge in [0, 0.05) is 19.1 Å². The van der Waals surface area contributed by atoms with Crippen LogP contribution in [0.5, 0.6) is 0 Å². The zero-order valence-electron chi connectivity index (χ0n) is 12.2. The molecule has 2 heteroatoms. The molecule has 1 aromatic carbocycles. The Balaban J connectivity index is 2.62. The highest BCUT2D eigenvalue weighted by atomic mass is 15.0. The molecule has 1 aromatic rings. The molecule has 0 amide bonds. The van der Waals surface area contributed by atoms with Crippen molar-refractivity contribution in [2.75, 3.05) is 20.1 Å². The second-order valence-electron chi connectivity index (χ2n) is 5.27. The van der Waals surface area contributed by atoms with Crippen molar-refractivity contribution in [2.24, 2.45) is 5.92 Å². The van der Waals surface area contributed by atoms with Crippen molar-refractivity contribution < 1.29 is 0 Å². The van der Waals surface area contributed by atoms with E-state index in [0.717, 1.165) is 13.1 Å². The molecule has 0 heterocycles. The van der Waals surface area contributed by atoms with E-state index < -0.39 is 0 Å². The van der Waals surface area contributed by atoms with Crippen LogP contribution in [-0.4, -0.2) is 26.2 Å². The molecule has 3 unspecified atom stereocenters. The summed E-state index contributed by atoms with van der Waals surface area (Å²) in [4.78, 5) is 0. The van der Waals surface area contributed by atoms with E-state index in [1.165, 1.54) is 12.0 Å². The maximum atomic E-state index is 3.63. The van der Waals surface area contributed by atoms with E-state index >= 15 is 0 Å². The quantitative estimate of drug-likeness (QED) is 0.739. The van der Waals surface area contributed by atoms with Gasteiger partial charge in [0.05, 0.1) is 0 Å². The van der Waals surface area contributed by atoms with Crippen LogP contribution < -0.4 is 10.6 Å². The maximum absolute atomic E-state index is 3.63. The molecular weight excluding hydrogens is 220 g/mol. The Hall–Kier alpha value is -0.860. The van der Waals surface area contributed by atoms with Gasteiger partial charge in [0.2, 0.25) is 0 Å². The lowest BCUT2D eigenvalue weighted by atomic mass is 9.85. The van der Waals surface area contributed by atoms with E-state index in [2.05, 4.69) is 61.7 Å². The predicted octanol–water partition coefficient (Wildman–Crippen LogP) is 3.01. The van der Waals surface area contributed by atoms with E-state index in [1.807, 2.05) is 7.05 Å². The van der Waals surface area contributed by atoms with Gasteiger partial charge in [-0.1, -0.05) is 50.6 Å². The fourth-order valence-electron chi connectivity index (χ4n) is 2.34. The number of benzene rings is 1. The van der Waals surface area contributed by atoms with Gasteiger partial charge in [-0.25, -0.2) is 0 Å². The van der Waals surface area contributed by atoms with Crippen LogP contribution in [0.3, 0.4) is 0 Å². The van der Waals surface area contributed by atoms with E-state index in [4.69, 9.17) is 0 Å². The van der Waals surface area contributed by atoms with Gasteiger partial charge in [0.15, 0.2) is 0 Å². The molecule has 0 saturated carbocycles. The fraction of sp³-hybridized carbons (Fsp3) is 0.625. The van der Waals surface area contributed by atoms with Crippen LogP contribution in [0.4, 0.5) is 0 Å². The van der Waals surface area contributed by atoms with Gasteiger partial charge < -0.3 is 10.6 Å². The zero-order chi connectivity index (χ0) is 13.4. The average molecular weight is 248 g/mol. The molecule has 0 saturated heterocycles. The van der Waals surface area contributed by atoms with Gasteiger partial charge in [0.25, 0.3) is 0 Å². The number of likely N-dealkylation sites (N-methyl/N-ethyl adjacent to an activating group) is 1. The molecule has 0 radical (unpaired) electrons. The smallest absolute Gasteiger partial charge is 0.0164 e. The molecule has 3 atom stereocenters. The average Bonchev–Trinajstić information content (AvgIpc) is 2.40. The molecule has 0 aliphatic heterocycles. The Morgan fingerprint density at radius 2 is 1.72 bits per heavy atom. The van der Waals surface area contributed by atoms with Crippen molar-refractivity contribution in [3.05, 3.63) is 35.9 Å². The lowest BCUT2D eigenvalue weighted by molar-refractivity contribution is 0.397. The minimum Gasteiger partial charge on any atom is -0.318 e. The van der Waals surface area contributed by atoms with Crippen LogP contribution in [0.2, 0.25) is 0 Å². The first-order valence-electron chi connectivity index (χ1n) is 7.12. The summed E-state index contributed by atoms with van der Waals surface area (Å²) < 4.78 is 0. The summed E-state index contributed by atoms with van der Waals surface area (Å²) in [6.45, 7) is 8.93. The van der Waals surface area contributed by atoms with Gasteiger partial charge in [-0.05, 0) is 31.4 Å². The molecular formula is C16H28N2. The molecule has 0 bridgehead atoms. The molecule has 0 aromatic heterocycles. The van der Waals surface area contributed by atoms with Gasteiger partial charge in [-0.15, -0.1) is 0 Å². The van der Waals surface area contributed by atoms with Crippen molar-refractivity contribution in [3.63, 3.8) is 0 Å². The Bertz CT molecular complexity index is 310. The summed E-state index contributed by atoms with van der Waals surface area (Å²) in [5, 5.41) is 6.85. The summed E-state index contributed by atoms with van der Waals surface area (Å²) in [6, 6.07) is 11.4. The summed E-state index contributed by atoms with van der Waals surface area (Å²) in [7, 11) is 2.00. The normalized spacial score (nSPS) is 16.2. The SMILES string of the molecule is CCC(C)C(CNC(C)CNC)c1ccccc1. The minimum atomic E-state index is 0.519. The van der Waals surface area contributed by atoms with Crippen molar-refractivity contribution >= 4 is 0 Å². The Morgan fingerprint density at radius 3 is 2.28 bits per heavy atom. The third-order valence-corrected chi connectivity index (χ3v) is 3.76. The summed E-state index contributed by atoms with van der Waals surface area (Å²) in [5.74, 6) is 1.32. The van der Waals surface area contributed by atoms with E-state index in [-0.39, 0.29) is 0 Å². The Labute approximate surface area is 112 Å². The minimum absolute atomic E-state index is 0.519. The highest BCUT2D eigenvalue weighted by Crippen LogP contribution is 2.26. The Kier molecular flexibility index (Phi) is 6.99. The topological polar surface area (TPSA) is 24.1 Å². The summed E-state index contributed by atoms with van der Waals surface area (Å²) >= 11 is 0. The van der Waals surface area contributed by atoms with Gasteiger partial charge in [-0.3, -0.25) is 0 Å².